The number of hydrogen-bond donors (Lipinski definition) is 0. The lowest BCUT2D eigenvalue weighted by molar-refractivity contribution is -0.126. The van der Waals surface area contributed by atoms with Crippen LogP contribution in [-0.4, -0.2) is 27.5 Å². The molecule has 0 radical (unpaired) electrons. The zero-order chi connectivity index (χ0) is 18.4. The molecule has 5 nitrogen and oxygen atoms in total. The third-order valence-electron chi connectivity index (χ3n) is 3.98. The summed E-state index contributed by atoms with van der Waals surface area (Å²) in [4.78, 5) is 18.5. The molecule has 5 heteroatoms. The Morgan fingerprint density at radius 2 is 1.96 bits per heavy atom. The van der Waals surface area contributed by atoms with E-state index in [2.05, 4.69) is 10.1 Å². The molecule has 0 N–H and O–H groups in total. The van der Waals surface area contributed by atoms with E-state index in [1.165, 1.54) is 0 Å². The monoisotopic (exact) mass is 347 g/mol. The number of likely N-dealkylation sites (N-methyl/N-ethyl adjacent to an activating group) is 1. The largest absolute Gasteiger partial charge is 0.337 e. The maximum absolute atomic E-state index is 12.4. The van der Waals surface area contributed by atoms with Crippen molar-refractivity contribution < 1.29 is 9.32 Å². The molecule has 26 heavy (non-hydrogen) atoms. The number of amides is 1. The van der Waals surface area contributed by atoms with Crippen LogP contribution in [0.4, 0.5) is 0 Å². The smallest absolute Gasteiger partial charge is 0.247 e. The fourth-order valence-electron chi connectivity index (χ4n) is 2.57. The molecule has 132 valence electrons. The predicted octanol–water partition coefficient (Wildman–Crippen LogP) is 4.11. The van der Waals surface area contributed by atoms with Crippen molar-refractivity contribution in [1.29, 1.82) is 0 Å². The maximum atomic E-state index is 12.4. The molecule has 0 bridgehead atoms. The van der Waals surface area contributed by atoms with Crippen LogP contribution in [-0.2, 0) is 11.3 Å². The van der Waals surface area contributed by atoms with E-state index in [1.54, 1.807) is 17.1 Å². The van der Waals surface area contributed by atoms with Crippen LogP contribution < -0.4 is 0 Å². The van der Waals surface area contributed by atoms with Gasteiger partial charge in [0.25, 0.3) is 0 Å². The van der Waals surface area contributed by atoms with Gasteiger partial charge in [-0.2, -0.15) is 4.98 Å². The standard InChI is InChI=1S/C21H21N3O2/c1-3-24(20(25)13-12-17-9-5-4-6-10-17)15-19-22-21(23-26-19)18-11-7-8-16(2)14-18/h4-14H,3,15H2,1-2H3/b13-12+. The van der Waals surface area contributed by atoms with Crippen molar-refractivity contribution in [2.45, 2.75) is 20.4 Å². The van der Waals surface area contributed by atoms with E-state index in [0.717, 1.165) is 16.7 Å². The van der Waals surface area contributed by atoms with Crippen LogP contribution in [0.2, 0.25) is 0 Å². The Morgan fingerprint density at radius 3 is 2.69 bits per heavy atom. The Balaban J connectivity index is 1.68. The normalized spacial score (nSPS) is 11.0. The molecule has 0 fully saturated rings. The highest BCUT2D eigenvalue weighted by Gasteiger charge is 2.15. The maximum Gasteiger partial charge on any atom is 0.247 e. The Kier molecular flexibility index (Phi) is 5.59. The number of hydrogen-bond acceptors (Lipinski definition) is 4. The predicted molar refractivity (Wildman–Crippen MR) is 101 cm³/mol. The molecule has 1 aromatic heterocycles. The van der Waals surface area contributed by atoms with E-state index in [9.17, 15) is 4.79 Å². The van der Waals surface area contributed by atoms with Crippen molar-refractivity contribution in [3.05, 3.63) is 77.7 Å². The van der Waals surface area contributed by atoms with Crippen LogP contribution in [0.3, 0.4) is 0 Å². The summed E-state index contributed by atoms with van der Waals surface area (Å²) >= 11 is 0. The second kappa shape index (κ2) is 8.25. The Labute approximate surface area is 153 Å². The lowest BCUT2D eigenvalue weighted by Gasteiger charge is -2.16. The SMILES string of the molecule is CCN(Cc1nc(-c2cccc(C)c2)no1)C(=O)/C=C/c1ccccc1. The van der Waals surface area contributed by atoms with E-state index < -0.39 is 0 Å². The summed E-state index contributed by atoms with van der Waals surface area (Å²) in [5.41, 5.74) is 3.01. The Morgan fingerprint density at radius 1 is 1.15 bits per heavy atom. The molecule has 0 aliphatic carbocycles. The summed E-state index contributed by atoms with van der Waals surface area (Å²) in [6.45, 7) is 4.78. The summed E-state index contributed by atoms with van der Waals surface area (Å²) in [6, 6.07) is 17.6. The first-order valence-electron chi connectivity index (χ1n) is 8.57. The highest BCUT2D eigenvalue weighted by molar-refractivity contribution is 5.91. The molecular weight excluding hydrogens is 326 g/mol. The average molecular weight is 347 g/mol. The van der Waals surface area contributed by atoms with Gasteiger partial charge in [-0.05, 0) is 31.6 Å². The Bertz CT molecular complexity index is 900. The minimum Gasteiger partial charge on any atom is -0.337 e. The highest BCUT2D eigenvalue weighted by atomic mass is 16.5. The first-order valence-corrected chi connectivity index (χ1v) is 8.57. The molecule has 0 unspecified atom stereocenters. The first-order chi connectivity index (χ1) is 12.7. The number of nitrogens with zero attached hydrogens (tertiary/aromatic N) is 3. The number of aryl methyl sites for hydroxylation is 1. The number of rotatable bonds is 6. The minimum absolute atomic E-state index is 0.0911. The van der Waals surface area contributed by atoms with Gasteiger partial charge >= 0.3 is 0 Å². The third-order valence-corrected chi connectivity index (χ3v) is 3.98. The van der Waals surface area contributed by atoms with Crippen molar-refractivity contribution in [2.24, 2.45) is 0 Å². The molecule has 1 heterocycles. The fraction of sp³-hybridized carbons (Fsp3) is 0.190. The van der Waals surface area contributed by atoms with Gasteiger partial charge in [-0.25, -0.2) is 0 Å². The van der Waals surface area contributed by atoms with E-state index in [0.29, 0.717) is 18.3 Å². The molecule has 0 saturated carbocycles. The summed E-state index contributed by atoms with van der Waals surface area (Å²) in [5, 5.41) is 4.03. The van der Waals surface area contributed by atoms with Crippen LogP contribution in [0.1, 0.15) is 23.9 Å². The van der Waals surface area contributed by atoms with Crippen molar-refractivity contribution in [1.82, 2.24) is 15.0 Å². The van der Waals surface area contributed by atoms with Crippen LogP contribution in [0, 0.1) is 6.92 Å². The van der Waals surface area contributed by atoms with Crippen LogP contribution in [0.25, 0.3) is 17.5 Å². The topological polar surface area (TPSA) is 59.2 Å². The zero-order valence-electron chi connectivity index (χ0n) is 14.9. The van der Waals surface area contributed by atoms with Gasteiger partial charge in [0.05, 0.1) is 0 Å². The van der Waals surface area contributed by atoms with E-state index in [4.69, 9.17) is 4.52 Å². The molecule has 3 aromatic rings. The van der Waals surface area contributed by atoms with Gasteiger partial charge in [-0.1, -0.05) is 59.3 Å². The van der Waals surface area contributed by atoms with Gasteiger partial charge in [-0.3, -0.25) is 4.79 Å². The number of carbonyl (C=O) groups excluding carboxylic acids is 1. The molecule has 0 aliphatic rings. The molecule has 3 rings (SSSR count). The van der Waals surface area contributed by atoms with E-state index >= 15 is 0 Å². The highest BCUT2D eigenvalue weighted by Crippen LogP contribution is 2.17. The van der Waals surface area contributed by atoms with E-state index in [-0.39, 0.29) is 12.5 Å². The van der Waals surface area contributed by atoms with Crippen LogP contribution >= 0.6 is 0 Å². The number of benzene rings is 2. The van der Waals surface area contributed by atoms with Crippen LogP contribution in [0.15, 0.2) is 65.2 Å². The van der Waals surface area contributed by atoms with Crippen molar-refractivity contribution in [3.8, 4) is 11.4 Å². The zero-order valence-corrected chi connectivity index (χ0v) is 14.9. The van der Waals surface area contributed by atoms with Gasteiger partial charge in [-0.15, -0.1) is 0 Å². The van der Waals surface area contributed by atoms with Crippen molar-refractivity contribution >= 4 is 12.0 Å². The number of aromatic nitrogens is 2. The molecule has 0 spiro atoms. The lowest BCUT2D eigenvalue weighted by atomic mass is 10.1. The number of carbonyl (C=O) groups is 1. The van der Waals surface area contributed by atoms with Gasteiger partial charge in [0.15, 0.2) is 0 Å². The summed E-state index contributed by atoms with van der Waals surface area (Å²) in [6.07, 6.45) is 3.37. The molecule has 0 aliphatic heterocycles. The second-order valence-corrected chi connectivity index (χ2v) is 5.98. The molecule has 1 amide bonds. The molecule has 0 saturated heterocycles. The average Bonchev–Trinajstić information content (AvgIpc) is 3.14. The minimum atomic E-state index is -0.0911. The van der Waals surface area contributed by atoms with Gasteiger partial charge in [0.2, 0.25) is 17.6 Å². The Hall–Kier alpha value is -3.21. The van der Waals surface area contributed by atoms with Gasteiger partial charge < -0.3 is 9.42 Å². The molecular formula is C21H21N3O2. The first kappa shape index (κ1) is 17.6. The van der Waals surface area contributed by atoms with Crippen molar-refractivity contribution in [3.63, 3.8) is 0 Å². The van der Waals surface area contributed by atoms with Crippen molar-refractivity contribution in [2.75, 3.05) is 6.54 Å². The summed E-state index contributed by atoms with van der Waals surface area (Å²) < 4.78 is 5.33. The second-order valence-electron chi connectivity index (χ2n) is 5.98. The molecule has 2 aromatic carbocycles. The summed E-state index contributed by atoms with van der Waals surface area (Å²) in [5.74, 6) is 0.864. The third kappa shape index (κ3) is 4.45. The van der Waals surface area contributed by atoms with Gasteiger partial charge in [0, 0.05) is 18.2 Å². The molecule has 0 atom stereocenters. The van der Waals surface area contributed by atoms with Crippen LogP contribution in [0.5, 0.6) is 0 Å². The summed E-state index contributed by atoms with van der Waals surface area (Å²) in [7, 11) is 0. The lowest BCUT2D eigenvalue weighted by Crippen LogP contribution is -2.28. The van der Waals surface area contributed by atoms with Gasteiger partial charge in [0.1, 0.15) is 6.54 Å². The van der Waals surface area contributed by atoms with E-state index in [1.807, 2.05) is 68.4 Å². The quantitative estimate of drug-likeness (QED) is 0.630. The fourth-order valence-corrected chi connectivity index (χ4v) is 2.57.